The van der Waals surface area contributed by atoms with Crippen LogP contribution in [0.25, 0.3) is 21.8 Å². The molecule has 0 saturated carbocycles. The van der Waals surface area contributed by atoms with E-state index in [1.807, 2.05) is 51.1 Å². The van der Waals surface area contributed by atoms with E-state index >= 15 is 0 Å². The highest BCUT2D eigenvalue weighted by atomic mass is 16.1. The summed E-state index contributed by atoms with van der Waals surface area (Å²) >= 11 is 0. The number of hydrogen-bond donors (Lipinski definition) is 0. The van der Waals surface area contributed by atoms with E-state index in [1.54, 1.807) is 40.0 Å². The highest BCUT2D eigenvalue weighted by Gasteiger charge is 2.04. The minimum atomic E-state index is 0.0330. The van der Waals surface area contributed by atoms with Crippen molar-refractivity contribution < 1.29 is 0 Å². The molecule has 0 spiro atoms. The molecule has 0 radical (unpaired) electrons. The van der Waals surface area contributed by atoms with Crippen molar-refractivity contribution in [2.24, 2.45) is 0 Å². The molecule has 27 heavy (non-hydrogen) atoms. The molecule has 0 N–H and O–H groups in total. The third-order valence-corrected chi connectivity index (χ3v) is 4.33. The van der Waals surface area contributed by atoms with Gasteiger partial charge in [0, 0.05) is 25.0 Å². The zero-order valence-corrected chi connectivity index (χ0v) is 15.7. The van der Waals surface area contributed by atoms with E-state index in [9.17, 15) is 9.59 Å². The molecule has 0 aliphatic carbocycles. The molecule has 0 aliphatic rings. The van der Waals surface area contributed by atoms with Crippen LogP contribution in [0.5, 0.6) is 0 Å². The predicted octanol–water partition coefficient (Wildman–Crippen LogP) is 3.39. The van der Waals surface area contributed by atoms with Gasteiger partial charge in [0.25, 0.3) is 11.1 Å². The zero-order chi connectivity index (χ0) is 19.4. The zero-order valence-electron chi connectivity index (χ0n) is 15.7. The second-order valence-corrected chi connectivity index (χ2v) is 6.41. The number of nitrogens with zero attached hydrogens (tertiary/aromatic N) is 4. The fourth-order valence-electron chi connectivity index (χ4n) is 2.81. The van der Waals surface area contributed by atoms with Gasteiger partial charge in [0.15, 0.2) is 0 Å². The van der Waals surface area contributed by atoms with Crippen LogP contribution in [0, 0.1) is 0 Å². The Morgan fingerprint density at radius 3 is 2.30 bits per heavy atom. The van der Waals surface area contributed by atoms with Crippen molar-refractivity contribution in [3.8, 4) is 0 Å². The molecular weight excluding hydrogens is 340 g/mol. The molecule has 1 aromatic carbocycles. The van der Waals surface area contributed by atoms with Crippen molar-refractivity contribution in [2.75, 3.05) is 0 Å². The second-order valence-electron chi connectivity index (χ2n) is 6.41. The molecule has 0 fully saturated rings. The van der Waals surface area contributed by atoms with E-state index in [4.69, 9.17) is 0 Å². The first-order valence-corrected chi connectivity index (χ1v) is 8.93. The lowest BCUT2D eigenvalue weighted by Gasteiger charge is -2.09. The van der Waals surface area contributed by atoms with Crippen molar-refractivity contribution >= 4 is 21.8 Å². The van der Waals surface area contributed by atoms with Crippen molar-refractivity contribution in [2.45, 2.75) is 33.4 Å². The van der Waals surface area contributed by atoms with Crippen LogP contribution in [0.2, 0.25) is 0 Å². The second kappa shape index (κ2) is 7.95. The summed E-state index contributed by atoms with van der Waals surface area (Å²) in [6, 6.07) is 13.0. The summed E-state index contributed by atoms with van der Waals surface area (Å²) in [6.45, 7) is 6.59. The first kappa shape index (κ1) is 18.5. The molecular formula is C21H22N4O2. The monoisotopic (exact) mass is 362 g/mol. The lowest BCUT2D eigenvalue weighted by molar-refractivity contribution is 0.573. The highest BCUT2D eigenvalue weighted by Crippen LogP contribution is 2.07. The predicted molar refractivity (Wildman–Crippen MR) is 108 cm³/mol. The Hall–Kier alpha value is -3.28. The third kappa shape index (κ3) is 3.79. The molecule has 0 unspecified atom stereocenters. The van der Waals surface area contributed by atoms with Gasteiger partial charge in [0.1, 0.15) is 0 Å². The van der Waals surface area contributed by atoms with E-state index < -0.39 is 0 Å². The first-order chi connectivity index (χ1) is 13.0. The largest absolute Gasteiger partial charge is 0.315 e. The molecule has 4 aromatic rings. The topological polar surface area (TPSA) is 69.8 Å². The van der Waals surface area contributed by atoms with Gasteiger partial charge in [0.2, 0.25) is 0 Å². The van der Waals surface area contributed by atoms with Crippen molar-refractivity contribution in [1.29, 1.82) is 0 Å². The number of fused-ring (bicyclic) bond motifs is 2. The molecule has 6 nitrogen and oxygen atoms in total. The van der Waals surface area contributed by atoms with Gasteiger partial charge >= 0.3 is 0 Å². The van der Waals surface area contributed by atoms with Crippen LogP contribution >= 0.6 is 0 Å². The average molecular weight is 362 g/mol. The summed E-state index contributed by atoms with van der Waals surface area (Å²) in [4.78, 5) is 31.9. The molecule has 6 heteroatoms. The number of benzene rings is 1. The number of pyridine rings is 2. The number of hydrogen-bond acceptors (Lipinski definition) is 4. The maximum absolute atomic E-state index is 11.9. The fourth-order valence-corrected chi connectivity index (χ4v) is 2.81. The molecule has 3 aromatic heterocycles. The molecule has 3 heterocycles. The van der Waals surface area contributed by atoms with Crippen LogP contribution in [0.15, 0.2) is 70.8 Å². The van der Waals surface area contributed by atoms with Crippen LogP contribution < -0.4 is 11.1 Å². The van der Waals surface area contributed by atoms with Crippen LogP contribution in [-0.2, 0) is 6.54 Å². The van der Waals surface area contributed by atoms with E-state index in [-0.39, 0.29) is 17.2 Å². The first-order valence-electron chi connectivity index (χ1n) is 8.93. The van der Waals surface area contributed by atoms with E-state index in [0.717, 1.165) is 11.0 Å². The van der Waals surface area contributed by atoms with Gasteiger partial charge in [0.05, 0.1) is 28.1 Å². The molecule has 0 amide bonds. The van der Waals surface area contributed by atoms with Crippen molar-refractivity contribution in [1.82, 2.24) is 19.1 Å². The number of rotatable bonds is 2. The van der Waals surface area contributed by atoms with Crippen LogP contribution in [-0.4, -0.2) is 19.1 Å². The fraction of sp³-hybridized carbons (Fsp3) is 0.238. The molecule has 138 valence electrons. The summed E-state index contributed by atoms with van der Waals surface area (Å²) in [5, 5.41) is 1.37. The maximum Gasteiger partial charge on any atom is 0.261 e. The molecule has 0 atom stereocenters. The standard InChI is InChI=1S/C11H12N2O.C10H10N2O/c1-8(2)13-7-12-10-6-4-3-5-9(10)11(13)14;1-2-12-7-5-9-8(10(12)13)4-3-6-11-9/h3-8H,1-2H3;3-7H,2H2,1H3. The lowest BCUT2D eigenvalue weighted by atomic mass is 10.2. The van der Waals surface area contributed by atoms with Gasteiger partial charge in [-0.1, -0.05) is 12.1 Å². The van der Waals surface area contributed by atoms with Gasteiger partial charge in [-0.15, -0.1) is 0 Å². The summed E-state index contributed by atoms with van der Waals surface area (Å²) in [5.74, 6) is 0. The summed E-state index contributed by atoms with van der Waals surface area (Å²) < 4.78 is 3.31. The minimum absolute atomic E-state index is 0.0330. The SMILES string of the molecule is CC(C)n1cnc2ccccc2c1=O.CCn1ccc2ncccc2c1=O. The van der Waals surface area contributed by atoms with Crippen LogP contribution in [0.3, 0.4) is 0 Å². The van der Waals surface area contributed by atoms with Crippen molar-refractivity contribution in [3.05, 3.63) is 81.9 Å². The van der Waals surface area contributed by atoms with Gasteiger partial charge in [-0.2, -0.15) is 0 Å². The van der Waals surface area contributed by atoms with Gasteiger partial charge in [-0.25, -0.2) is 4.98 Å². The Morgan fingerprint density at radius 2 is 1.56 bits per heavy atom. The van der Waals surface area contributed by atoms with E-state index in [0.29, 0.717) is 17.3 Å². The van der Waals surface area contributed by atoms with Gasteiger partial charge in [-0.3, -0.25) is 19.1 Å². The Labute approximate surface area is 156 Å². The highest BCUT2D eigenvalue weighted by molar-refractivity contribution is 5.77. The Kier molecular flexibility index (Phi) is 5.45. The summed E-state index contributed by atoms with van der Waals surface area (Å²) in [7, 11) is 0. The van der Waals surface area contributed by atoms with E-state index in [2.05, 4.69) is 9.97 Å². The molecule has 0 bridgehead atoms. The van der Waals surface area contributed by atoms with Crippen molar-refractivity contribution in [3.63, 3.8) is 0 Å². The van der Waals surface area contributed by atoms with Crippen LogP contribution in [0.1, 0.15) is 26.8 Å². The number of aromatic nitrogens is 4. The van der Waals surface area contributed by atoms with Gasteiger partial charge in [-0.05, 0) is 51.1 Å². The normalized spacial score (nSPS) is 10.8. The maximum atomic E-state index is 11.9. The quantitative estimate of drug-likeness (QED) is 0.548. The Balaban J connectivity index is 0.000000156. The lowest BCUT2D eigenvalue weighted by Crippen LogP contribution is -2.22. The van der Waals surface area contributed by atoms with Gasteiger partial charge < -0.3 is 4.57 Å². The minimum Gasteiger partial charge on any atom is -0.315 e. The number of aryl methyl sites for hydroxylation is 1. The van der Waals surface area contributed by atoms with E-state index in [1.165, 1.54) is 0 Å². The Morgan fingerprint density at radius 1 is 0.889 bits per heavy atom. The Bertz CT molecular complexity index is 1190. The molecule has 4 rings (SSSR count). The summed E-state index contributed by atoms with van der Waals surface area (Å²) in [5.41, 5.74) is 1.59. The summed E-state index contributed by atoms with van der Waals surface area (Å²) in [6.07, 6.45) is 5.07. The molecule has 0 saturated heterocycles. The smallest absolute Gasteiger partial charge is 0.261 e. The average Bonchev–Trinajstić information content (AvgIpc) is 2.69. The van der Waals surface area contributed by atoms with Crippen LogP contribution in [0.4, 0.5) is 0 Å². The number of para-hydroxylation sites is 1. The third-order valence-electron chi connectivity index (χ3n) is 4.33. The molecule has 0 aliphatic heterocycles.